The first-order valence-electron chi connectivity index (χ1n) is 8.24. The molecule has 30 heavy (non-hydrogen) atoms. The third-order valence-corrected chi connectivity index (χ3v) is 3.33. The van der Waals surface area contributed by atoms with E-state index in [9.17, 15) is 26.3 Å². The summed E-state index contributed by atoms with van der Waals surface area (Å²) in [6.45, 7) is -0.441. The first-order valence-corrected chi connectivity index (χ1v) is 8.24. The van der Waals surface area contributed by atoms with Gasteiger partial charge >= 0.3 is 12.4 Å². The first-order chi connectivity index (χ1) is 13.9. The summed E-state index contributed by atoms with van der Waals surface area (Å²) in [5, 5.41) is 15.0. The van der Waals surface area contributed by atoms with Gasteiger partial charge in [0, 0.05) is 5.69 Å². The van der Waals surface area contributed by atoms with E-state index in [-0.39, 0.29) is 23.9 Å². The predicted molar refractivity (Wildman–Crippen MR) is 92.1 cm³/mol. The van der Waals surface area contributed by atoms with Gasteiger partial charge in [-0.1, -0.05) is 5.16 Å². The Morgan fingerprint density at radius 1 is 1.27 bits per heavy atom. The second kappa shape index (κ2) is 10.6. The van der Waals surface area contributed by atoms with Crippen molar-refractivity contribution in [2.75, 3.05) is 18.5 Å². The van der Waals surface area contributed by atoms with E-state index in [4.69, 9.17) is 14.6 Å². The molecule has 2 rings (SSSR count). The van der Waals surface area contributed by atoms with Crippen molar-refractivity contribution < 1.29 is 35.7 Å². The van der Waals surface area contributed by atoms with Crippen LogP contribution < -0.4 is 10.2 Å². The SMILES string of the molecule is CC=O.CNCc1nc(CN(CC(F)(F)F)c2ccc(C#N)c(C(F)(F)F)c2)no1. The highest BCUT2D eigenvalue weighted by atomic mass is 19.4. The number of nitriles is 1. The van der Waals surface area contributed by atoms with Crippen LogP contribution in [0.3, 0.4) is 0 Å². The minimum Gasteiger partial charge on any atom is -0.355 e. The van der Waals surface area contributed by atoms with E-state index in [0.29, 0.717) is 11.0 Å². The lowest BCUT2D eigenvalue weighted by Gasteiger charge is -2.25. The Morgan fingerprint density at radius 3 is 2.40 bits per heavy atom. The highest BCUT2D eigenvalue weighted by Gasteiger charge is 2.36. The number of anilines is 1. The molecule has 0 fully saturated rings. The molecule has 0 aliphatic rings. The van der Waals surface area contributed by atoms with E-state index >= 15 is 0 Å². The van der Waals surface area contributed by atoms with Gasteiger partial charge in [0.25, 0.3) is 0 Å². The largest absolute Gasteiger partial charge is 0.417 e. The van der Waals surface area contributed by atoms with Crippen LogP contribution in [0, 0.1) is 11.3 Å². The van der Waals surface area contributed by atoms with Gasteiger partial charge in [-0.2, -0.15) is 36.6 Å². The van der Waals surface area contributed by atoms with Gasteiger partial charge < -0.3 is 19.5 Å². The minimum atomic E-state index is -4.89. The number of rotatable bonds is 6. The number of nitrogens with one attached hydrogen (secondary N) is 1. The zero-order chi connectivity index (χ0) is 22.9. The van der Waals surface area contributed by atoms with Gasteiger partial charge in [0.05, 0.1) is 30.3 Å². The number of alkyl halides is 6. The van der Waals surface area contributed by atoms with Crippen molar-refractivity contribution in [1.82, 2.24) is 15.5 Å². The molecule has 13 heteroatoms. The molecule has 1 N–H and O–H groups in total. The first kappa shape index (κ1) is 24.9. The third-order valence-electron chi connectivity index (χ3n) is 3.33. The van der Waals surface area contributed by atoms with Crippen molar-refractivity contribution in [3.05, 3.63) is 41.0 Å². The number of aldehydes is 1. The van der Waals surface area contributed by atoms with Crippen LogP contribution in [0.25, 0.3) is 0 Å². The number of hydrogen-bond acceptors (Lipinski definition) is 7. The summed E-state index contributed by atoms with van der Waals surface area (Å²) in [6.07, 6.45) is -8.83. The zero-order valence-electron chi connectivity index (χ0n) is 15.8. The molecule has 2 aromatic rings. The molecule has 0 radical (unpaired) electrons. The van der Waals surface area contributed by atoms with Crippen LogP contribution in [0.1, 0.15) is 29.8 Å². The summed E-state index contributed by atoms with van der Waals surface area (Å²) < 4.78 is 82.8. The lowest BCUT2D eigenvalue weighted by atomic mass is 10.1. The predicted octanol–water partition coefficient (Wildman–Crippen LogP) is 3.45. The van der Waals surface area contributed by atoms with E-state index in [1.807, 2.05) is 0 Å². The normalized spacial score (nSPS) is 11.3. The summed E-state index contributed by atoms with van der Waals surface area (Å²) in [6, 6.07) is 3.71. The number of nitrogens with zero attached hydrogens (tertiary/aromatic N) is 4. The number of carbonyl (C=O) groups excluding carboxylic acids is 1. The molecule has 0 aliphatic heterocycles. The lowest BCUT2D eigenvalue weighted by molar-refractivity contribution is -0.137. The minimum absolute atomic E-state index is 0.121. The fourth-order valence-corrected chi connectivity index (χ4v) is 2.26. The molecule has 1 aromatic carbocycles. The molecule has 0 saturated heterocycles. The highest BCUT2D eigenvalue weighted by Crippen LogP contribution is 2.35. The number of halogens is 6. The van der Waals surface area contributed by atoms with Crippen LogP contribution in [0.2, 0.25) is 0 Å². The molecule has 0 aliphatic carbocycles. The zero-order valence-corrected chi connectivity index (χ0v) is 15.8. The second-order valence-corrected chi connectivity index (χ2v) is 5.68. The molecular formula is C17H17F6N5O2. The Morgan fingerprint density at radius 2 is 1.90 bits per heavy atom. The van der Waals surface area contributed by atoms with Gasteiger partial charge in [-0.15, -0.1) is 0 Å². The van der Waals surface area contributed by atoms with E-state index < -0.39 is 36.6 Å². The quantitative estimate of drug-likeness (QED) is 0.546. The van der Waals surface area contributed by atoms with Crippen molar-refractivity contribution in [1.29, 1.82) is 5.26 Å². The fraction of sp³-hybridized carbons (Fsp3) is 0.412. The van der Waals surface area contributed by atoms with Crippen LogP contribution in [-0.2, 0) is 24.1 Å². The summed E-state index contributed by atoms with van der Waals surface area (Å²) in [5.74, 6) is -0.00214. The van der Waals surface area contributed by atoms with Crippen molar-refractivity contribution in [3.63, 3.8) is 0 Å². The van der Waals surface area contributed by atoms with Crippen molar-refractivity contribution in [3.8, 4) is 6.07 Å². The van der Waals surface area contributed by atoms with Crippen LogP contribution in [0.5, 0.6) is 0 Å². The van der Waals surface area contributed by atoms with Crippen molar-refractivity contribution >= 4 is 12.0 Å². The monoisotopic (exact) mass is 437 g/mol. The van der Waals surface area contributed by atoms with Crippen LogP contribution >= 0.6 is 0 Å². The Hall–Kier alpha value is -3.14. The maximum atomic E-state index is 13.1. The summed E-state index contributed by atoms with van der Waals surface area (Å²) in [5.41, 5.74) is -2.38. The molecule has 0 unspecified atom stereocenters. The summed E-state index contributed by atoms with van der Waals surface area (Å²) in [4.78, 5) is 13.3. The van der Waals surface area contributed by atoms with E-state index in [1.165, 1.54) is 13.0 Å². The highest BCUT2D eigenvalue weighted by molar-refractivity contribution is 5.55. The van der Waals surface area contributed by atoms with Crippen LogP contribution in [0.4, 0.5) is 32.0 Å². The molecule has 164 valence electrons. The van der Waals surface area contributed by atoms with Crippen molar-refractivity contribution in [2.24, 2.45) is 0 Å². The van der Waals surface area contributed by atoms with Crippen molar-refractivity contribution in [2.45, 2.75) is 32.4 Å². The molecule has 0 atom stereocenters. The number of benzene rings is 1. The Bertz CT molecular complexity index is 873. The van der Waals surface area contributed by atoms with E-state index in [2.05, 4.69) is 15.5 Å². The maximum absolute atomic E-state index is 13.1. The lowest BCUT2D eigenvalue weighted by Crippen LogP contribution is -2.34. The molecule has 0 amide bonds. The van der Waals surface area contributed by atoms with Gasteiger partial charge in [0.2, 0.25) is 5.89 Å². The molecular weight excluding hydrogens is 420 g/mol. The standard InChI is InChI=1S/C15H13F6N5O.C2H4O/c1-23-6-13-24-12(25-27-13)7-26(8-14(16,17)18)10-3-2-9(5-22)11(4-10)15(19,20)21;1-2-3/h2-4,23H,6-8H2,1H3;2H,1H3. The van der Waals surface area contributed by atoms with E-state index in [1.54, 1.807) is 7.05 Å². The van der Waals surface area contributed by atoms with Gasteiger partial charge in [0.1, 0.15) is 12.8 Å². The van der Waals surface area contributed by atoms with Gasteiger partial charge in [-0.25, -0.2) is 0 Å². The van der Waals surface area contributed by atoms with E-state index in [0.717, 1.165) is 18.4 Å². The molecule has 0 spiro atoms. The van der Waals surface area contributed by atoms with Crippen LogP contribution in [-0.4, -0.2) is 36.2 Å². The average Bonchev–Trinajstić information content (AvgIpc) is 3.07. The molecule has 7 nitrogen and oxygen atoms in total. The topological polar surface area (TPSA) is 95.1 Å². The fourth-order valence-electron chi connectivity index (χ4n) is 2.26. The summed E-state index contributed by atoms with van der Waals surface area (Å²) in [7, 11) is 1.59. The number of aromatic nitrogens is 2. The summed E-state index contributed by atoms with van der Waals surface area (Å²) >= 11 is 0. The number of carbonyl (C=O) groups is 1. The molecule has 1 heterocycles. The third kappa shape index (κ3) is 7.70. The Kier molecular flexibility index (Phi) is 8.78. The van der Waals surface area contributed by atoms with Gasteiger partial charge in [-0.3, -0.25) is 0 Å². The smallest absolute Gasteiger partial charge is 0.355 e. The van der Waals surface area contributed by atoms with Crippen LogP contribution in [0.15, 0.2) is 22.7 Å². The Labute approximate surface area is 167 Å². The molecule has 0 saturated carbocycles. The Balaban J connectivity index is 0.00000141. The molecule has 0 bridgehead atoms. The second-order valence-electron chi connectivity index (χ2n) is 5.68. The van der Waals surface area contributed by atoms with Gasteiger partial charge in [-0.05, 0) is 32.2 Å². The maximum Gasteiger partial charge on any atom is 0.417 e. The average molecular weight is 437 g/mol. The van der Waals surface area contributed by atoms with Gasteiger partial charge in [0.15, 0.2) is 5.82 Å². The number of hydrogen-bond donors (Lipinski definition) is 1. The molecule has 1 aromatic heterocycles.